The van der Waals surface area contributed by atoms with Crippen molar-refractivity contribution in [3.05, 3.63) is 33.9 Å². The highest BCUT2D eigenvalue weighted by Gasteiger charge is 2.22. The molecule has 3 N–H and O–H groups in total. The molecule has 17 heavy (non-hydrogen) atoms. The number of methoxy groups -OCH3 is 1. The van der Waals surface area contributed by atoms with E-state index in [1.165, 1.54) is 25.3 Å². The second kappa shape index (κ2) is 5.80. The Balaban J connectivity index is 2.93. The summed E-state index contributed by atoms with van der Waals surface area (Å²) in [4.78, 5) is 21.8. The van der Waals surface area contributed by atoms with Crippen LogP contribution in [0.15, 0.2) is 18.2 Å². The molecule has 0 spiro atoms. The molecule has 0 aromatic heterocycles. The number of nitrogens with zero attached hydrogens (tertiary/aromatic N) is 1. The summed E-state index contributed by atoms with van der Waals surface area (Å²) in [5.74, 6) is -0.541. The van der Waals surface area contributed by atoms with E-state index in [9.17, 15) is 14.9 Å². The predicted molar refractivity (Wildman–Crippen MR) is 61.7 cm³/mol. The van der Waals surface area contributed by atoms with Gasteiger partial charge in [-0.25, -0.2) is 0 Å². The number of carbonyl (C=O) groups is 1. The normalized spacial score (nSPS) is 9.94. The zero-order valence-electron chi connectivity index (χ0n) is 9.30. The van der Waals surface area contributed by atoms with Crippen LogP contribution in [0, 0.1) is 10.1 Å². The molecule has 1 aromatic carbocycles. The van der Waals surface area contributed by atoms with E-state index in [1.54, 1.807) is 0 Å². The molecule has 0 bridgehead atoms. The Kier molecular flexibility index (Phi) is 4.41. The van der Waals surface area contributed by atoms with Crippen LogP contribution in [-0.4, -0.2) is 31.1 Å². The quantitative estimate of drug-likeness (QED) is 0.337. The lowest BCUT2D eigenvalue weighted by molar-refractivity contribution is -0.384. The molecule has 1 aromatic rings. The topological polar surface area (TPSA) is 107 Å². The van der Waals surface area contributed by atoms with Gasteiger partial charge in [0.25, 0.3) is 5.91 Å². The van der Waals surface area contributed by atoms with Gasteiger partial charge in [-0.1, -0.05) is 6.07 Å². The Labute approximate surface area is 97.7 Å². The van der Waals surface area contributed by atoms with E-state index >= 15 is 0 Å². The van der Waals surface area contributed by atoms with E-state index in [0.717, 1.165) is 0 Å². The summed E-state index contributed by atoms with van der Waals surface area (Å²) in [6.07, 6.45) is 0. The molecule has 0 aliphatic carbocycles. The van der Waals surface area contributed by atoms with Crippen molar-refractivity contribution in [1.82, 2.24) is 5.32 Å². The predicted octanol–water partition coefficient (Wildman–Crippen LogP) is 0.553. The Hall–Kier alpha value is -2.15. The second-order valence-corrected chi connectivity index (χ2v) is 3.25. The van der Waals surface area contributed by atoms with Crippen LogP contribution in [-0.2, 0) is 4.74 Å². The summed E-state index contributed by atoms with van der Waals surface area (Å²) in [5.41, 5.74) is 5.01. The molecular weight excluding hydrogens is 226 g/mol. The van der Waals surface area contributed by atoms with E-state index in [0.29, 0.717) is 6.61 Å². The number of nitro groups is 1. The third-order valence-electron chi connectivity index (χ3n) is 2.09. The first-order valence-corrected chi connectivity index (χ1v) is 4.88. The second-order valence-electron chi connectivity index (χ2n) is 3.25. The summed E-state index contributed by atoms with van der Waals surface area (Å²) in [6.45, 7) is 0.614. The van der Waals surface area contributed by atoms with Gasteiger partial charge in [0.15, 0.2) is 0 Å². The molecule has 1 rings (SSSR count). The van der Waals surface area contributed by atoms with Gasteiger partial charge in [0, 0.05) is 13.7 Å². The van der Waals surface area contributed by atoms with E-state index in [-0.39, 0.29) is 23.5 Å². The van der Waals surface area contributed by atoms with E-state index in [1.807, 2.05) is 0 Å². The monoisotopic (exact) mass is 239 g/mol. The van der Waals surface area contributed by atoms with Gasteiger partial charge in [0.1, 0.15) is 11.3 Å². The molecule has 0 radical (unpaired) electrons. The molecule has 7 heteroatoms. The smallest absolute Gasteiger partial charge is 0.304 e. The molecule has 7 nitrogen and oxygen atoms in total. The van der Waals surface area contributed by atoms with E-state index in [2.05, 4.69) is 5.32 Å². The fourth-order valence-electron chi connectivity index (χ4n) is 1.31. The van der Waals surface area contributed by atoms with Crippen LogP contribution < -0.4 is 11.1 Å². The molecule has 0 saturated carbocycles. The van der Waals surface area contributed by atoms with Gasteiger partial charge >= 0.3 is 5.69 Å². The van der Waals surface area contributed by atoms with Crippen molar-refractivity contribution in [3.63, 3.8) is 0 Å². The van der Waals surface area contributed by atoms with Crippen LogP contribution in [0.1, 0.15) is 10.4 Å². The molecule has 0 fully saturated rings. The number of para-hydroxylation sites is 1. The van der Waals surface area contributed by atoms with Crippen molar-refractivity contribution in [2.75, 3.05) is 26.0 Å². The number of hydrogen-bond donors (Lipinski definition) is 2. The first kappa shape index (κ1) is 12.9. The number of benzene rings is 1. The van der Waals surface area contributed by atoms with Gasteiger partial charge in [0.2, 0.25) is 0 Å². The molecule has 0 heterocycles. The highest BCUT2D eigenvalue weighted by Crippen LogP contribution is 2.25. The van der Waals surface area contributed by atoms with Crippen molar-refractivity contribution in [3.8, 4) is 0 Å². The molecule has 0 atom stereocenters. The highest BCUT2D eigenvalue weighted by molar-refractivity contribution is 6.00. The maximum Gasteiger partial charge on any atom is 0.304 e. The van der Waals surface area contributed by atoms with Crippen LogP contribution in [0.3, 0.4) is 0 Å². The van der Waals surface area contributed by atoms with Gasteiger partial charge in [-0.3, -0.25) is 14.9 Å². The Morgan fingerprint density at radius 2 is 2.29 bits per heavy atom. The first-order chi connectivity index (χ1) is 8.07. The average Bonchev–Trinajstić information content (AvgIpc) is 2.28. The van der Waals surface area contributed by atoms with Gasteiger partial charge in [0.05, 0.1) is 11.5 Å². The third kappa shape index (κ3) is 3.15. The number of nitrogen functional groups attached to an aromatic ring is 1. The van der Waals surface area contributed by atoms with Crippen LogP contribution in [0.2, 0.25) is 0 Å². The zero-order chi connectivity index (χ0) is 12.8. The van der Waals surface area contributed by atoms with Crippen molar-refractivity contribution in [2.24, 2.45) is 0 Å². The fraction of sp³-hybridized carbons (Fsp3) is 0.300. The van der Waals surface area contributed by atoms with Crippen LogP contribution in [0.4, 0.5) is 11.4 Å². The lowest BCUT2D eigenvalue weighted by atomic mass is 10.1. The minimum atomic E-state index is -0.666. The summed E-state index contributed by atoms with van der Waals surface area (Å²) >= 11 is 0. The van der Waals surface area contributed by atoms with Gasteiger partial charge in [-0.05, 0) is 12.1 Å². The van der Waals surface area contributed by atoms with Gasteiger partial charge in [-0.15, -0.1) is 0 Å². The number of nitrogens with two attached hydrogens (primary N) is 1. The van der Waals surface area contributed by atoms with Crippen molar-refractivity contribution in [2.45, 2.75) is 0 Å². The molecule has 1 amide bonds. The van der Waals surface area contributed by atoms with Gasteiger partial charge in [-0.2, -0.15) is 0 Å². The summed E-state index contributed by atoms with van der Waals surface area (Å²) in [6, 6.07) is 4.23. The third-order valence-corrected chi connectivity index (χ3v) is 2.09. The zero-order valence-corrected chi connectivity index (χ0v) is 9.30. The maximum atomic E-state index is 11.7. The number of nitrogens with one attached hydrogen (secondary N) is 1. The summed E-state index contributed by atoms with van der Waals surface area (Å²) in [5, 5.41) is 13.3. The molecular formula is C10H13N3O4. The van der Waals surface area contributed by atoms with E-state index in [4.69, 9.17) is 10.5 Å². The fourth-order valence-corrected chi connectivity index (χ4v) is 1.31. The van der Waals surface area contributed by atoms with Crippen molar-refractivity contribution in [1.29, 1.82) is 0 Å². The summed E-state index contributed by atoms with van der Waals surface area (Å²) < 4.78 is 4.76. The minimum absolute atomic E-state index is 0.0330. The van der Waals surface area contributed by atoms with Crippen molar-refractivity contribution < 1.29 is 14.5 Å². The number of ether oxygens (including phenoxy) is 1. The number of hydrogen-bond acceptors (Lipinski definition) is 5. The Morgan fingerprint density at radius 3 is 2.88 bits per heavy atom. The number of amides is 1. The van der Waals surface area contributed by atoms with Crippen LogP contribution >= 0.6 is 0 Å². The molecule has 0 aliphatic rings. The maximum absolute atomic E-state index is 11.7. The number of rotatable bonds is 5. The average molecular weight is 239 g/mol. The molecule has 0 saturated heterocycles. The first-order valence-electron chi connectivity index (χ1n) is 4.88. The standard InChI is InChI=1S/C10H13N3O4/c1-17-6-5-12-10(14)7-3-2-4-8(11)9(7)13(15)16/h2-4H,5-6,11H2,1H3,(H,12,14). The number of nitro benzene ring substituents is 1. The Bertz CT molecular complexity index is 434. The number of anilines is 1. The lowest BCUT2D eigenvalue weighted by Crippen LogP contribution is -2.27. The largest absolute Gasteiger partial charge is 0.393 e. The lowest BCUT2D eigenvalue weighted by Gasteiger charge is -2.06. The van der Waals surface area contributed by atoms with Crippen molar-refractivity contribution >= 4 is 17.3 Å². The molecule has 0 aliphatic heterocycles. The molecule has 0 unspecified atom stereocenters. The van der Waals surface area contributed by atoms with E-state index < -0.39 is 10.8 Å². The van der Waals surface area contributed by atoms with Crippen LogP contribution in [0.25, 0.3) is 0 Å². The molecule has 92 valence electrons. The number of carbonyl (C=O) groups excluding carboxylic acids is 1. The highest BCUT2D eigenvalue weighted by atomic mass is 16.6. The van der Waals surface area contributed by atoms with Crippen LogP contribution in [0.5, 0.6) is 0 Å². The minimum Gasteiger partial charge on any atom is -0.393 e. The van der Waals surface area contributed by atoms with Gasteiger partial charge < -0.3 is 15.8 Å². The SMILES string of the molecule is COCCNC(=O)c1cccc(N)c1[N+](=O)[O-]. The Morgan fingerprint density at radius 1 is 1.59 bits per heavy atom. The summed E-state index contributed by atoms with van der Waals surface area (Å²) in [7, 11) is 1.50.